The normalized spacial score (nSPS) is 19.5. The van der Waals surface area contributed by atoms with E-state index in [0.717, 1.165) is 25.0 Å². The van der Waals surface area contributed by atoms with Gasteiger partial charge in [0.15, 0.2) is 0 Å². The van der Waals surface area contributed by atoms with Gasteiger partial charge in [-0.15, -0.1) is 0 Å². The third-order valence-corrected chi connectivity index (χ3v) is 4.63. The Labute approximate surface area is 127 Å². The molecule has 0 saturated heterocycles. The van der Waals surface area contributed by atoms with E-state index in [-0.39, 0.29) is 6.04 Å². The fourth-order valence-electron chi connectivity index (χ4n) is 3.27. The van der Waals surface area contributed by atoms with Crippen molar-refractivity contribution in [3.63, 3.8) is 0 Å². The van der Waals surface area contributed by atoms with Crippen LogP contribution in [0.5, 0.6) is 0 Å². The predicted molar refractivity (Wildman–Crippen MR) is 86.2 cm³/mol. The number of hydrogen-bond acceptors (Lipinski definition) is 2. The molecule has 2 unspecified atom stereocenters. The molecule has 0 amide bonds. The van der Waals surface area contributed by atoms with Gasteiger partial charge in [-0.2, -0.15) is 5.10 Å². The van der Waals surface area contributed by atoms with Crippen LogP contribution >= 0.6 is 0 Å². The molecule has 1 heterocycles. The van der Waals surface area contributed by atoms with Gasteiger partial charge in [0, 0.05) is 24.7 Å². The summed E-state index contributed by atoms with van der Waals surface area (Å²) in [6.45, 7) is 4.30. The molecule has 2 atom stereocenters. The summed E-state index contributed by atoms with van der Waals surface area (Å²) < 4.78 is 2.01. The lowest BCUT2D eigenvalue weighted by Crippen LogP contribution is -2.36. The molecule has 1 aliphatic carbocycles. The van der Waals surface area contributed by atoms with Gasteiger partial charge < -0.3 is 5.73 Å². The lowest BCUT2D eigenvalue weighted by Gasteiger charge is -2.29. The number of hydrogen-bond donors (Lipinski definition) is 1. The first-order chi connectivity index (χ1) is 10.1. The van der Waals surface area contributed by atoms with Crippen LogP contribution in [0.25, 0.3) is 0 Å². The largest absolute Gasteiger partial charge is 0.327 e. The van der Waals surface area contributed by atoms with Crippen molar-refractivity contribution in [1.29, 1.82) is 0 Å². The Kier molecular flexibility index (Phi) is 4.11. The van der Waals surface area contributed by atoms with Crippen molar-refractivity contribution in [2.75, 3.05) is 0 Å². The first-order valence-electron chi connectivity index (χ1n) is 8.00. The Hall–Kier alpha value is -1.61. The molecule has 0 spiro atoms. The second-order valence-electron chi connectivity index (χ2n) is 6.52. The smallest absolute Gasteiger partial charge is 0.0640 e. The number of aromatic nitrogens is 2. The Morgan fingerprint density at radius 3 is 2.71 bits per heavy atom. The molecule has 2 N–H and O–H groups in total. The maximum absolute atomic E-state index is 6.47. The summed E-state index contributed by atoms with van der Waals surface area (Å²) >= 11 is 0. The molecular weight excluding hydrogens is 258 g/mol. The van der Waals surface area contributed by atoms with E-state index in [4.69, 9.17) is 5.73 Å². The topological polar surface area (TPSA) is 43.8 Å². The fraction of sp³-hybridized carbons (Fsp3) is 0.500. The highest BCUT2D eigenvalue weighted by molar-refractivity contribution is 5.30. The molecular formula is C18H25N3. The summed E-state index contributed by atoms with van der Waals surface area (Å²) in [5, 5.41) is 4.63. The molecule has 0 aliphatic heterocycles. The monoisotopic (exact) mass is 283 g/mol. The van der Waals surface area contributed by atoms with E-state index in [9.17, 15) is 0 Å². The Balaban J connectivity index is 1.65. The summed E-state index contributed by atoms with van der Waals surface area (Å²) in [4.78, 5) is 0. The second kappa shape index (κ2) is 6.02. The zero-order valence-electron chi connectivity index (χ0n) is 13.0. The van der Waals surface area contributed by atoms with Gasteiger partial charge in [0.2, 0.25) is 0 Å². The third-order valence-electron chi connectivity index (χ3n) is 4.63. The number of benzene rings is 1. The van der Waals surface area contributed by atoms with E-state index in [0.29, 0.717) is 12.0 Å². The van der Waals surface area contributed by atoms with Gasteiger partial charge in [-0.3, -0.25) is 4.68 Å². The van der Waals surface area contributed by atoms with Gasteiger partial charge in [-0.05, 0) is 56.2 Å². The van der Waals surface area contributed by atoms with Gasteiger partial charge in [0.25, 0.3) is 0 Å². The molecule has 21 heavy (non-hydrogen) atoms. The molecule has 1 aromatic carbocycles. The highest BCUT2D eigenvalue weighted by atomic mass is 15.3. The Morgan fingerprint density at radius 1 is 1.24 bits per heavy atom. The van der Waals surface area contributed by atoms with Crippen LogP contribution in [0.1, 0.15) is 43.1 Å². The van der Waals surface area contributed by atoms with E-state index in [1.807, 2.05) is 4.68 Å². The van der Waals surface area contributed by atoms with E-state index >= 15 is 0 Å². The second-order valence-corrected chi connectivity index (χ2v) is 6.52. The average molecular weight is 283 g/mol. The van der Waals surface area contributed by atoms with Crippen LogP contribution < -0.4 is 5.73 Å². The zero-order valence-corrected chi connectivity index (χ0v) is 13.0. The quantitative estimate of drug-likeness (QED) is 0.937. The summed E-state index contributed by atoms with van der Waals surface area (Å²) in [5.74, 6) is 0.573. The standard InChI is InChI=1S/C18H25N3/c1-13(2)21-10-9-17(20-21)12-18(19)16-8-7-14-5-3-4-6-15(14)11-16/h3-6,9-10,13,16,18H,7-8,11-12,19H2,1-2H3. The van der Waals surface area contributed by atoms with Crippen molar-refractivity contribution in [2.24, 2.45) is 11.7 Å². The molecule has 1 aromatic heterocycles. The lowest BCUT2D eigenvalue weighted by molar-refractivity contribution is 0.369. The van der Waals surface area contributed by atoms with Gasteiger partial charge in [-0.1, -0.05) is 24.3 Å². The van der Waals surface area contributed by atoms with Gasteiger partial charge in [-0.25, -0.2) is 0 Å². The fourth-order valence-corrected chi connectivity index (χ4v) is 3.27. The molecule has 0 saturated carbocycles. The van der Waals surface area contributed by atoms with Crippen molar-refractivity contribution < 1.29 is 0 Å². The van der Waals surface area contributed by atoms with E-state index < -0.39 is 0 Å². The van der Waals surface area contributed by atoms with Crippen LogP contribution in [-0.2, 0) is 19.3 Å². The molecule has 3 heteroatoms. The summed E-state index contributed by atoms with van der Waals surface area (Å²) in [7, 11) is 0. The first-order valence-corrected chi connectivity index (χ1v) is 8.00. The number of fused-ring (bicyclic) bond motifs is 1. The van der Waals surface area contributed by atoms with Crippen LogP contribution in [0, 0.1) is 5.92 Å². The molecule has 1 aliphatic rings. The Bertz CT molecular complexity index is 600. The SMILES string of the molecule is CC(C)n1ccc(CC(N)C2CCc3ccccc3C2)n1. The van der Waals surface area contributed by atoms with Crippen LogP contribution in [0.3, 0.4) is 0 Å². The number of nitrogens with zero attached hydrogens (tertiary/aromatic N) is 2. The zero-order chi connectivity index (χ0) is 14.8. The van der Waals surface area contributed by atoms with E-state index in [2.05, 4.69) is 55.5 Å². The number of nitrogens with two attached hydrogens (primary N) is 1. The molecule has 0 bridgehead atoms. The maximum atomic E-state index is 6.47. The molecule has 2 aromatic rings. The van der Waals surface area contributed by atoms with Crippen molar-refractivity contribution in [3.8, 4) is 0 Å². The molecule has 3 nitrogen and oxygen atoms in total. The maximum Gasteiger partial charge on any atom is 0.0640 e. The highest BCUT2D eigenvalue weighted by Gasteiger charge is 2.24. The molecule has 112 valence electrons. The first kappa shape index (κ1) is 14.3. The minimum Gasteiger partial charge on any atom is -0.327 e. The van der Waals surface area contributed by atoms with E-state index in [1.54, 1.807) is 0 Å². The van der Waals surface area contributed by atoms with Crippen LogP contribution in [0.15, 0.2) is 36.5 Å². The number of rotatable bonds is 4. The lowest BCUT2D eigenvalue weighted by atomic mass is 9.79. The van der Waals surface area contributed by atoms with Gasteiger partial charge in [0.05, 0.1) is 5.69 Å². The summed E-state index contributed by atoms with van der Waals surface area (Å²) in [6, 6.07) is 11.5. The molecule has 0 radical (unpaired) electrons. The minimum atomic E-state index is 0.203. The average Bonchev–Trinajstić information content (AvgIpc) is 2.95. The predicted octanol–water partition coefficient (Wildman–Crippen LogP) is 3.14. The van der Waals surface area contributed by atoms with Crippen molar-refractivity contribution in [2.45, 2.75) is 51.6 Å². The van der Waals surface area contributed by atoms with E-state index in [1.165, 1.54) is 17.5 Å². The van der Waals surface area contributed by atoms with Crippen LogP contribution in [-0.4, -0.2) is 15.8 Å². The van der Waals surface area contributed by atoms with Crippen LogP contribution in [0.2, 0.25) is 0 Å². The van der Waals surface area contributed by atoms with Crippen LogP contribution in [0.4, 0.5) is 0 Å². The summed E-state index contributed by atoms with van der Waals surface area (Å²) in [6.07, 6.45) is 6.41. The van der Waals surface area contributed by atoms with Gasteiger partial charge >= 0.3 is 0 Å². The minimum absolute atomic E-state index is 0.203. The summed E-state index contributed by atoms with van der Waals surface area (Å²) in [5.41, 5.74) is 10.6. The Morgan fingerprint density at radius 2 is 2.00 bits per heavy atom. The highest BCUT2D eigenvalue weighted by Crippen LogP contribution is 2.27. The van der Waals surface area contributed by atoms with Crippen molar-refractivity contribution in [3.05, 3.63) is 53.3 Å². The van der Waals surface area contributed by atoms with Crippen molar-refractivity contribution >= 4 is 0 Å². The third kappa shape index (κ3) is 3.18. The van der Waals surface area contributed by atoms with Gasteiger partial charge in [0.1, 0.15) is 0 Å². The molecule has 0 fully saturated rings. The van der Waals surface area contributed by atoms with Crippen molar-refractivity contribution in [1.82, 2.24) is 9.78 Å². The molecule has 3 rings (SSSR count). The number of aryl methyl sites for hydroxylation is 1.